The summed E-state index contributed by atoms with van der Waals surface area (Å²) in [4.78, 5) is 15.8. The van der Waals surface area contributed by atoms with Crippen molar-refractivity contribution in [2.75, 3.05) is 33.2 Å². The van der Waals surface area contributed by atoms with Crippen molar-refractivity contribution < 1.29 is 4.79 Å². The molecule has 0 saturated carbocycles. The molecule has 0 aliphatic carbocycles. The van der Waals surface area contributed by atoms with Gasteiger partial charge in [-0.05, 0) is 27.3 Å². The van der Waals surface area contributed by atoms with Crippen LogP contribution in [0.25, 0.3) is 0 Å². The van der Waals surface area contributed by atoms with Gasteiger partial charge in [-0.1, -0.05) is 0 Å². The summed E-state index contributed by atoms with van der Waals surface area (Å²) in [7, 11) is 1.92. The zero-order valence-corrected chi connectivity index (χ0v) is 9.42. The maximum atomic E-state index is 11.9. The molecule has 4 heteroatoms. The predicted molar refractivity (Wildman–Crippen MR) is 57.4 cm³/mol. The van der Waals surface area contributed by atoms with Crippen LogP contribution in [0.1, 0.15) is 20.3 Å². The Labute approximate surface area is 86.2 Å². The zero-order valence-electron chi connectivity index (χ0n) is 9.42. The number of nitrogens with one attached hydrogen (secondary N) is 1. The molecular weight excluding hydrogens is 178 g/mol. The van der Waals surface area contributed by atoms with Crippen molar-refractivity contribution in [1.82, 2.24) is 15.1 Å². The minimum Gasteiger partial charge on any atom is -0.325 e. The van der Waals surface area contributed by atoms with Crippen LogP contribution in [0, 0.1) is 0 Å². The van der Waals surface area contributed by atoms with E-state index >= 15 is 0 Å². The first kappa shape index (κ1) is 11.3. The summed E-state index contributed by atoms with van der Waals surface area (Å²) in [5.41, 5.74) is 0. The van der Waals surface area contributed by atoms with Gasteiger partial charge < -0.3 is 15.1 Å². The van der Waals surface area contributed by atoms with Gasteiger partial charge in [0.1, 0.15) is 0 Å². The van der Waals surface area contributed by atoms with Crippen molar-refractivity contribution in [2.24, 2.45) is 0 Å². The molecule has 1 saturated heterocycles. The first-order valence-electron chi connectivity index (χ1n) is 5.40. The van der Waals surface area contributed by atoms with Gasteiger partial charge in [0.15, 0.2) is 0 Å². The molecule has 4 nitrogen and oxygen atoms in total. The topological polar surface area (TPSA) is 35.6 Å². The lowest BCUT2D eigenvalue weighted by Crippen LogP contribution is -2.54. The molecule has 1 atom stereocenters. The van der Waals surface area contributed by atoms with E-state index in [0.29, 0.717) is 6.04 Å². The molecule has 1 unspecified atom stereocenters. The number of carbonyl (C=O) groups excluding carboxylic acids is 1. The lowest BCUT2D eigenvalue weighted by Gasteiger charge is -2.38. The molecule has 1 heterocycles. The lowest BCUT2D eigenvalue weighted by molar-refractivity contribution is 0.114. The molecule has 1 N–H and O–H groups in total. The average molecular weight is 199 g/mol. The van der Waals surface area contributed by atoms with E-state index in [1.807, 2.05) is 23.8 Å². The van der Waals surface area contributed by atoms with Crippen LogP contribution in [0.5, 0.6) is 0 Å². The first-order valence-corrected chi connectivity index (χ1v) is 5.40. The highest BCUT2D eigenvalue weighted by Gasteiger charge is 2.27. The Morgan fingerprint density at radius 1 is 1.50 bits per heavy atom. The highest BCUT2D eigenvalue weighted by Crippen LogP contribution is 2.11. The molecule has 0 spiro atoms. The standard InChI is InChI=1S/C10H21N3O/c1-4-12-6-5-7-13(10(12)14)9(2)8-11-3/h9,11H,4-8H2,1-3H3. The van der Waals surface area contributed by atoms with Crippen LogP contribution in [-0.4, -0.2) is 55.1 Å². The lowest BCUT2D eigenvalue weighted by atomic mass is 10.2. The summed E-state index contributed by atoms with van der Waals surface area (Å²) in [5, 5.41) is 3.11. The molecule has 0 aromatic carbocycles. The van der Waals surface area contributed by atoms with Crippen molar-refractivity contribution >= 4 is 6.03 Å². The monoisotopic (exact) mass is 199 g/mol. The normalized spacial score (nSPS) is 20.1. The number of rotatable bonds is 4. The van der Waals surface area contributed by atoms with Gasteiger partial charge in [-0.15, -0.1) is 0 Å². The number of amides is 2. The summed E-state index contributed by atoms with van der Waals surface area (Å²) in [6.07, 6.45) is 1.09. The van der Waals surface area contributed by atoms with Gasteiger partial charge in [0.2, 0.25) is 0 Å². The van der Waals surface area contributed by atoms with E-state index in [1.54, 1.807) is 0 Å². The maximum Gasteiger partial charge on any atom is 0.320 e. The molecule has 0 aromatic rings. The highest BCUT2D eigenvalue weighted by atomic mass is 16.2. The summed E-state index contributed by atoms with van der Waals surface area (Å²) >= 11 is 0. The smallest absolute Gasteiger partial charge is 0.320 e. The maximum absolute atomic E-state index is 11.9. The second-order valence-electron chi connectivity index (χ2n) is 3.82. The minimum absolute atomic E-state index is 0.196. The molecule has 0 radical (unpaired) electrons. The zero-order chi connectivity index (χ0) is 10.6. The van der Waals surface area contributed by atoms with Crippen molar-refractivity contribution in [3.63, 3.8) is 0 Å². The third-order valence-electron chi connectivity index (χ3n) is 2.76. The third kappa shape index (κ3) is 2.38. The van der Waals surface area contributed by atoms with Gasteiger partial charge in [0.05, 0.1) is 0 Å². The van der Waals surface area contributed by atoms with Crippen molar-refractivity contribution in [3.8, 4) is 0 Å². The van der Waals surface area contributed by atoms with Crippen LogP contribution in [-0.2, 0) is 0 Å². The summed E-state index contributed by atoms with van der Waals surface area (Å²) in [6.45, 7) is 7.62. The number of carbonyl (C=O) groups is 1. The van der Waals surface area contributed by atoms with Gasteiger partial charge in [0, 0.05) is 32.2 Å². The van der Waals surface area contributed by atoms with E-state index in [4.69, 9.17) is 0 Å². The van der Waals surface area contributed by atoms with Gasteiger partial charge in [-0.2, -0.15) is 0 Å². The number of nitrogens with zero attached hydrogens (tertiary/aromatic N) is 2. The molecule has 1 aliphatic rings. The minimum atomic E-state index is 0.196. The molecule has 1 fully saturated rings. The van der Waals surface area contributed by atoms with Crippen LogP contribution in [0.3, 0.4) is 0 Å². The third-order valence-corrected chi connectivity index (χ3v) is 2.76. The summed E-state index contributed by atoms with van der Waals surface area (Å²) in [5.74, 6) is 0. The number of hydrogen-bond acceptors (Lipinski definition) is 2. The van der Waals surface area contributed by atoms with Crippen LogP contribution in [0.15, 0.2) is 0 Å². The van der Waals surface area contributed by atoms with Gasteiger partial charge in [-0.3, -0.25) is 0 Å². The van der Waals surface area contributed by atoms with Crippen LogP contribution < -0.4 is 5.32 Å². The van der Waals surface area contributed by atoms with Crippen molar-refractivity contribution in [1.29, 1.82) is 0 Å². The fourth-order valence-electron chi connectivity index (χ4n) is 1.91. The van der Waals surface area contributed by atoms with Gasteiger partial charge in [-0.25, -0.2) is 4.79 Å². The average Bonchev–Trinajstić information content (AvgIpc) is 2.18. The number of urea groups is 1. The number of likely N-dealkylation sites (N-methyl/N-ethyl adjacent to an activating group) is 1. The fraction of sp³-hybridized carbons (Fsp3) is 0.900. The van der Waals surface area contributed by atoms with Crippen molar-refractivity contribution in [3.05, 3.63) is 0 Å². The Morgan fingerprint density at radius 2 is 2.21 bits per heavy atom. The molecule has 0 bridgehead atoms. The Bertz CT molecular complexity index is 196. The SMILES string of the molecule is CCN1CCCN(C(C)CNC)C1=O. The molecular formula is C10H21N3O. The molecule has 0 aromatic heterocycles. The molecule has 14 heavy (non-hydrogen) atoms. The second kappa shape index (κ2) is 5.20. The summed E-state index contributed by atoms with van der Waals surface area (Å²) in [6, 6.07) is 0.489. The molecule has 2 amide bonds. The Morgan fingerprint density at radius 3 is 2.79 bits per heavy atom. The molecule has 82 valence electrons. The Balaban J connectivity index is 2.55. The van der Waals surface area contributed by atoms with Crippen LogP contribution in [0.2, 0.25) is 0 Å². The Kier molecular flexibility index (Phi) is 4.20. The molecule has 1 rings (SSSR count). The first-order chi connectivity index (χ1) is 6.70. The fourth-order valence-corrected chi connectivity index (χ4v) is 1.91. The van der Waals surface area contributed by atoms with E-state index < -0.39 is 0 Å². The Hall–Kier alpha value is -0.770. The van der Waals surface area contributed by atoms with E-state index in [1.165, 1.54) is 0 Å². The molecule has 1 aliphatic heterocycles. The second-order valence-corrected chi connectivity index (χ2v) is 3.82. The van der Waals surface area contributed by atoms with Gasteiger partial charge in [0.25, 0.3) is 0 Å². The van der Waals surface area contributed by atoms with Gasteiger partial charge >= 0.3 is 6.03 Å². The summed E-state index contributed by atoms with van der Waals surface area (Å²) < 4.78 is 0. The predicted octanol–water partition coefficient (Wildman–Crippen LogP) is 0.742. The van der Waals surface area contributed by atoms with E-state index in [-0.39, 0.29) is 6.03 Å². The van der Waals surface area contributed by atoms with E-state index in [9.17, 15) is 4.79 Å². The van der Waals surface area contributed by atoms with Crippen molar-refractivity contribution in [2.45, 2.75) is 26.3 Å². The quantitative estimate of drug-likeness (QED) is 0.725. The largest absolute Gasteiger partial charge is 0.325 e. The van der Waals surface area contributed by atoms with Crippen LogP contribution in [0.4, 0.5) is 4.79 Å². The van der Waals surface area contributed by atoms with E-state index in [0.717, 1.165) is 32.6 Å². The number of hydrogen-bond donors (Lipinski definition) is 1. The van der Waals surface area contributed by atoms with E-state index in [2.05, 4.69) is 12.2 Å². The highest BCUT2D eigenvalue weighted by molar-refractivity contribution is 5.75. The van der Waals surface area contributed by atoms with Crippen LogP contribution >= 0.6 is 0 Å².